The summed E-state index contributed by atoms with van der Waals surface area (Å²) in [7, 11) is 2.79. The van der Waals surface area contributed by atoms with Crippen molar-refractivity contribution in [3.05, 3.63) is 99.6 Å². The fraction of sp³-hybridized carbons (Fsp3) is 0.143. The molecule has 0 saturated carbocycles. The van der Waals surface area contributed by atoms with Gasteiger partial charge in [0.25, 0.3) is 5.91 Å². The molecule has 9 nitrogen and oxygen atoms in total. The summed E-state index contributed by atoms with van der Waals surface area (Å²) in [5.74, 6) is -0.504. The molecule has 206 valence electrons. The Morgan fingerprint density at radius 2 is 1.80 bits per heavy atom. The van der Waals surface area contributed by atoms with Gasteiger partial charge in [-0.05, 0) is 66.6 Å². The van der Waals surface area contributed by atoms with E-state index < -0.39 is 34.0 Å². The normalized spacial score (nSPS) is 11.2. The minimum absolute atomic E-state index is 0.0106. The van der Waals surface area contributed by atoms with Gasteiger partial charge in [0.2, 0.25) is 5.75 Å². The first kappa shape index (κ1) is 29.2. The first-order chi connectivity index (χ1) is 19.0. The van der Waals surface area contributed by atoms with Gasteiger partial charge in [0, 0.05) is 17.3 Å². The van der Waals surface area contributed by atoms with Crippen LogP contribution in [0.4, 0.5) is 24.5 Å². The number of nitrogens with one attached hydrogen (secondary N) is 1. The molecule has 0 fully saturated rings. The van der Waals surface area contributed by atoms with Crippen LogP contribution in [0, 0.1) is 21.4 Å². The number of hydrogen-bond donors (Lipinski definition) is 1. The molecule has 0 bridgehead atoms. The molecule has 0 aliphatic carbocycles. The molecule has 0 heterocycles. The Balaban J connectivity index is 2.01. The highest BCUT2D eigenvalue weighted by Gasteiger charge is 2.33. The Bertz CT molecular complexity index is 1510. The molecular formula is C28H22F3N3O6. The van der Waals surface area contributed by atoms with Gasteiger partial charge in [0.15, 0.2) is 11.5 Å². The molecule has 0 aliphatic heterocycles. The first-order valence-electron chi connectivity index (χ1n) is 11.4. The standard InChI is InChI=1S/C28H22F3N3O6/c1-4-5-18-12-17(13-19(16-32)27(35)33-21-7-9-22(38-2)10-8-21)14-25(39-3)26(18)40-24-11-6-20(28(29,30)31)15-23(24)34(36)37/h4,6-15H,1,5H2,2-3H3,(H,33,35)/b19-13+. The number of carbonyl (C=O) groups is 1. The number of carbonyl (C=O) groups excluding carboxylic acids is 1. The molecule has 40 heavy (non-hydrogen) atoms. The number of benzene rings is 3. The second-order valence-corrected chi connectivity index (χ2v) is 8.10. The number of alkyl halides is 3. The smallest absolute Gasteiger partial charge is 0.416 e. The summed E-state index contributed by atoms with van der Waals surface area (Å²) in [5, 5.41) is 23.7. The second kappa shape index (κ2) is 12.5. The van der Waals surface area contributed by atoms with E-state index in [4.69, 9.17) is 14.2 Å². The highest BCUT2D eigenvalue weighted by Crippen LogP contribution is 2.42. The van der Waals surface area contributed by atoms with Crippen molar-refractivity contribution >= 4 is 23.4 Å². The maximum atomic E-state index is 13.1. The average molecular weight is 553 g/mol. The van der Waals surface area contributed by atoms with E-state index in [1.54, 1.807) is 24.3 Å². The second-order valence-electron chi connectivity index (χ2n) is 8.10. The van der Waals surface area contributed by atoms with E-state index in [0.29, 0.717) is 34.7 Å². The monoisotopic (exact) mass is 553 g/mol. The zero-order chi connectivity index (χ0) is 29.4. The third-order valence-corrected chi connectivity index (χ3v) is 5.46. The lowest BCUT2D eigenvalue weighted by Gasteiger charge is -2.16. The molecule has 3 aromatic rings. The fourth-order valence-electron chi connectivity index (χ4n) is 3.56. The molecule has 3 rings (SSSR count). The van der Waals surface area contributed by atoms with Crippen LogP contribution in [0.5, 0.6) is 23.0 Å². The summed E-state index contributed by atoms with van der Waals surface area (Å²) in [4.78, 5) is 23.3. The number of amides is 1. The van der Waals surface area contributed by atoms with E-state index in [1.165, 1.54) is 38.5 Å². The Hall–Kier alpha value is -5.31. The lowest BCUT2D eigenvalue weighted by Crippen LogP contribution is -2.13. The highest BCUT2D eigenvalue weighted by molar-refractivity contribution is 6.09. The summed E-state index contributed by atoms with van der Waals surface area (Å²) in [6.45, 7) is 3.67. The summed E-state index contributed by atoms with van der Waals surface area (Å²) >= 11 is 0. The van der Waals surface area contributed by atoms with Crippen LogP contribution >= 0.6 is 0 Å². The molecule has 0 spiro atoms. The SMILES string of the molecule is C=CCc1cc(/C=C(\C#N)C(=O)Nc2ccc(OC)cc2)cc(OC)c1Oc1ccc(C(F)(F)F)cc1[N+](=O)[O-]. The minimum atomic E-state index is -4.79. The zero-order valence-electron chi connectivity index (χ0n) is 21.2. The Morgan fingerprint density at radius 1 is 1.10 bits per heavy atom. The average Bonchev–Trinajstić information content (AvgIpc) is 2.92. The van der Waals surface area contributed by atoms with E-state index in [0.717, 1.165) is 6.07 Å². The third-order valence-electron chi connectivity index (χ3n) is 5.46. The zero-order valence-corrected chi connectivity index (χ0v) is 21.2. The molecule has 0 radical (unpaired) electrons. The molecule has 0 saturated heterocycles. The number of allylic oxidation sites excluding steroid dienone is 1. The number of anilines is 1. The van der Waals surface area contributed by atoms with Gasteiger partial charge in [0.1, 0.15) is 17.4 Å². The number of nitriles is 1. The van der Waals surface area contributed by atoms with Crippen molar-refractivity contribution in [2.45, 2.75) is 12.6 Å². The molecule has 0 aromatic heterocycles. The highest BCUT2D eigenvalue weighted by atomic mass is 19.4. The van der Waals surface area contributed by atoms with Crippen LogP contribution in [0.2, 0.25) is 0 Å². The number of nitrogens with zero attached hydrogens (tertiary/aromatic N) is 2. The molecule has 12 heteroatoms. The number of halogens is 3. The molecule has 0 atom stereocenters. The van der Waals surface area contributed by atoms with Crippen LogP contribution in [0.3, 0.4) is 0 Å². The van der Waals surface area contributed by atoms with Crippen molar-refractivity contribution < 1.29 is 37.1 Å². The number of ether oxygens (including phenoxy) is 3. The van der Waals surface area contributed by atoms with Crippen molar-refractivity contribution in [1.82, 2.24) is 0 Å². The van der Waals surface area contributed by atoms with Gasteiger partial charge in [-0.2, -0.15) is 18.4 Å². The van der Waals surface area contributed by atoms with Gasteiger partial charge < -0.3 is 19.5 Å². The number of nitro benzene ring substituents is 1. The Kier molecular flexibility index (Phi) is 9.13. The first-order valence-corrected chi connectivity index (χ1v) is 11.4. The predicted octanol–water partition coefficient (Wildman–Crippen LogP) is 6.70. The minimum Gasteiger partial charge on any atom is -0.497 e. The Labute approximate surface area is 226 Å². The van der Waals surface area contributed by atoms with Gasteiger partial charge in [-0.25, -0.2) is 0 Å². The van der Waals surface area contributed by atoms with Crippen molar-refractivity contribution in [3.63, 3.8) is 0 Å². The molecule has 1 N–H and O–H groups in total. The molecule has 0 aliphatic rings. The van der Waals surface area contributed by atoms with Crippen molar-refractivity contribution in [2.75, 3.05) is 19.5 Å². The predicted molar refractivity (Wildman–Crippen MR) is 140 cm³/mol. The van der Waals surface area contributed by atoms with Crippen LogP contribution < -0.4 is 19.5 Å². The summed E-state index contributed by atoms with van der Waals surface area (Å²) in [5.41, 5.74) is -1.19. The lowest BCUT2D eigenvalue weighted by molar-refractivity contribution is -0.385. The van der Waals surface area contributed by atoms with E-state index in [-0.39, 0.29) is 23.5 Å². The van der Waals surface area contributed by atoms with Crippen LogP contribution in [-0.4, -0.2) is 25.1 Å². The molecule has 1 amide bonds. The lowest BCUT2D eigenvalue weighted by atomic mass is 10.0. The number of rotatable bonds is 10. The van der Waals surface area contributed by atoms with Crippen molar-refractivity contribution in [2.24, 2.45) is 0 Å². The summed E-state index contributed by atoms with van der Waals surface area (Å²) in [6.07, 6.45) is -1.83. The van der Waals surface area contributed by atoms with E-state index >= 15 is 0 Å². The van der Waals surface area contributed by atoms with Gasteiger partial charge >= 0.3 is 11.9 Å². The van der Waals surface area contributed by atoms with E-state index in [2.05, 4.69) is 11.9 Å². The number of nitro groups is 1. The third kappa shape index (κ3) is 6.96. The van der Waals surface area contributed by atoms with Gasteiger partial charge in [-0.15, -0.1) is 6.58 Å². The number of hydrogen-bond acceptors (Lipinski definition) is 7. The van der Waals surface area contributed by atoms with Crippen LogP contribution in [0.15, 0.2) is 72.8 Å². The van der Waals surface area contributed by atoms with Crippen LogP contribution in [-0.2, 0) is 17.4 Å². The summed E-state index contributed by atoms with van der Waals surface area (Å²) in [6, 6.07) is 13.2. The van der Waals surface area contributed by atoms with E-state index in [9.17, 15) is 33.3 Å². The van der Waals surface area contributed by atoms with Crippen molar-refractivity contribution in [1.29, 1.82) is 5.26 Å². The Morgan fingerprint density at radius 3 is 2.35 bits per heavy atom. The summed E-state index contributed by atoms with van der Waals surface area (Å²) < 4.78 is 55.5. The fourth-order valence-corrected chi connectivity index (χ4v) is 3.56. The van der Waals surface area contributed by atoms with Gasteiger partial charge in [-0.3, -0.25) is 14.9 Å². The maximum absolute atomic E-state index is 13.1. The molecular weight excluding hydrogens is 531 g/mol. The maximum Gasteiger partial charge on any atom is 0.416 e. The molecule has 3 aromatic carbocycles. The van der Waals surface area contributed by atoms with E-state index in [1.807, 2.05) is 6.07 Å². The van der Waals surface area contributed by atoms with Crippen molar-refractivity contribution in [3.8, 4) is 29.1 Å². The number of methoxy groups -OCH3 is 2. The largest absolute Gasteiger partial charge is 0.497 e. The van der Waals surface area contributed by atoms with Crippen LogP contribution in [0.25, 0.3) is 6.08 Å². The van der Waals surface area contributed by atoms with Gasteiger partial charge in [-0.1, -0.05) is 6.08 Å². The quantitative estimate of drug-likeness (QED) is 0.0974. The van der Waals surface area contributed by atoms with Gasteiger partial charge in [0.05, 0.1) is 24.7 Å². The molecule has 0 unspecified atom stereocenters. The topological polar surface area (TPSA) is 124 Å². The van der Waals surface area contributed by atoms with Crippen LogP contribution in [0.1, 0.15) is 16.7 Å².